The van der Waals surface area contributed by atoms with Gasteiger partial charge in [-0.25, -0.2) is 0 Å². The molecule has 0 aliphatic carbocycles. The molecular formula is C17H22N4O3. The van der Waals surface area contributed by atoms with Crippen molar-refractivity contribution in [2.45, 2.75) is 31.8 Å². The lowest BCUT2D eigenvalue weighted by Crippen LogP contribution is -2.38. The van der Waals surface area contributed by atoms with Crippen molar-refractivity contribution >= 4 is 5.97 Å². The second kappa shape index (κ2) is 6.07. The number of likely N-dealkylation sites (tertiary alicyclic amines) is 1. The Balaban J connectivity index is 1.51. The number of hydrogen-bond acceptors (Lipinski definition) is 5. The molecule has 2 aromatic rings. The van der Waals surface area contributed by atoms with Crippen LogP contribution in [0.25, 0.3) is 11.5 Å². The van der Waals surface area contributed by atoms with Crippen LogP contribution in [0.4, 0.5) is 0 Å². The van der Waals surface area contributed by atoms with Gasteiger partial charge in [-0.3, -0.25) is 14.8 Å². The fourth-order valence-electron chi connectivity index (χ4n) is 4.07. The molecule has 0 aromatic carbocycles. The first-order chi connectivity index (χ1) is 11.7. The summed E-state index contributed by atoms with van der Waals surface area (Å²) in [6.07, 6.45) is 4.51. The molecule has 0 radical (unpaired) electrons. The van der Waals surface area contributed by atoms with Crippen molar-refractivity contribution < 1.29 is 14.3 Å². The molecule has 7 nitrogen and oxygen atoms in total. The number of carbonyl (C=O) groups is 1. The SMILES string of the molecule is O=C(O)[C@@H]1CC2(CCNCC2)CN1Cc1ccc(-c2ccn[nH]2)o1. The molecule has 0 saturated carbocycles. The lowest BCUT2D eigenvalue weighted by Gasteiger charge is -2.33. The van der Waals surface area contributed by atoms with Gasteiger partial charge < -0.3 is 14.8 Å². The molecule has 1 atom stereocenters. The van der Waals surface area contributed by atoms with Crippen molar-refractivity contribution in [2.75, 3.05) is 19.6 Å². The fourth-order valence-corrected chi connectivity index (χ4v) is 4.07. The first-order valence-corrected chi connectivity index (χ1v) is 8.41. The minimum absolute atomic E-state index is 0.132. The quantitative estimate of drug-likeness (QED) is 0.790. The summed E-state index contributed by atoms with van der Waals surface area (Å²) in [6, 6.07) is 5.24. The van der Waals surface area contributed by atoms with E-state index in [1.54, 1.807) is 6.20 Å². The maximum atomic E-state index is 11.7. The first-order valence-electron chi connectivity index (χ1n) is 8.41. The predicted molar refractivity (Wildman–Crippen MR) is 87.3 cm³/mol. The van der Waals surface area contributed by atoms with Crippen molar-refractivity contribution in [3.8, 4) is 11.5 Å². The van der Waals surface area contributed by atoms with E-state index in [9.17, 15) is 9.90 Å². The Morgan fingerprint density at radius 2 is 2.21 bits per heavy atom. The average molecular weight is 330 g/mol. The van der Waals surface area contributed by atoms with Crippen molar-refractivity contribution in [3.05, 3.63) is 30.2 Å². The van der Waals surface area contributed by atoms with Crippen molar-refractivity contribution in [2.24, 2.45) is 5.41 Å². The minimum atomic E-state index is -0.731. The number of nitrogens with one attached hydrogen (secondary N) is 2. The van der Waals surface area contributed by atoms with Gasteiger partial charge in [0.1, 0.15) is 17.5 Å². The van der Waals surface area contributed by atoms with Crippen LogP contribution in [0.1, 0.15) is 25.0 Å². The molecule has 0 unspecified atom stereocenters. The van der Waals surface area contributed by atoms with Gasteiger partial charge in [-0.1, -0.05) is 0 Å². The highest BCUT2D eigenvalue weighted by atomic mass is 16.4. The zero-order chi connectivity index (χ0) is 16.6. The van der Waals surface area contributed by atoms with E-state index in [0.717, 1.165) is 56.1 Å². The van der Waals surface area contributed by atoms with Gasteiger partial charge in [-0.15, -0.1) is 0 Å². The number of aliphatic carboxylic acids is 1. The second-order valence-corrected chi connectivity index (χ2v) is 6.95. The molecule has 0 bridgehead atoms. The molecule has 2 aliphatic rings. The Labute approximate surface area is 140 Å². The summed E-state index contributed by atoms with van der Waals surface area (Å²) < 4.78 is 5.88. The molecule has 4 heterocycles. The van der Waals surface area contributed by atoms with Crippen molar-refractivity contribution in [3.63, 3.8) is 0 Å². The summed E-state index contributed by atoms with van der Waals surface area (Å²) in [6.45, 7) is 3.31. The summed E-state index contributed by atoms with van der Waals surface area (Å²) in [5.41, 5.74) is 0.958. The largest absolute Gasteiger partial charge is 0.480 e. The summed E-state index contributed by atoms with van der Waals surface area (Å²) in [7, 11) is 0. The smallest absolute Gasteiger partial charge is 0.320 e. The summed E-state index contributed by atoms with van der Waals surface area (Å²) in [4.78, 5) is 13.8. The standard InChI is InChI=1S/C17H22N4O3/c22-16(23)14-9-17(4-7-18-8-5-17)11-21(14)10-12-1-2-15(24-12)13-3-6-19-20-13/h1-3,6,14,18H,4-5,7-11H2,(H,19,20)(H,22,23)/t14-/m0/s1. The minimum Gasteiger partial charge on any atom is -0.480 e. The third kappa shape index (κ3) is 2.85. The van der Waals surface area contributed by atoms with E-state index in [0.29, 0.717) is 6.54 Å². The van der Waals surface area contributed by atoms with Crippen LogP contribution in [-0.2, 0) is 11.3 Å². The predicted octanol–water partition coefficient (Wildman–Crippen LogP) is 1.70. The van der Waals surface area contributed by atoms with Crippen molar-refractivity contribution in [1.82, 2.24) is 20.4 Å². The van der Waals surface area contributed by atoms with Crippen molar-refractivity contribution in [1.29, 1.82) is 0 Å². The van der Waals surface area contributed by atoms with E-state index in [-0.39, 0.29) is 5.41 Å². The van der Waals surface area contributed by atoms with E-state index in [4.69, 9.17) is 4.42 Å². The van der Waals surface area contributed by atoms with E-state index in [2.05, 4.69) is 20.4 Å². The fraction of sp³-hybridized carbons (Fsp3) is 0.529. The van der Waals surface area contributed by atoms with Gasteiger partial charge in [-0.2, -0.15) is 5.10 Å². The van der Waals surface area contributed by atoms with E-state index in [1.807, 2.05) is 18.2 Å². The molecule has 2 saturated heterocycles. The lowest BCUT2D eigenvalue weighted by molar-refractivity contribution is -0.142. The second-order valence-electron chi connectivity index (χ2n) is 6.95. The Morgan fingerprint density at radius 3 is 2.92 bits per heavy atom. The van der Waals surface area contributed by atoms with Crippen LogP contribution in [-0.4, -0.2) is 51.8 Å². The molecule has 2 aliphatic heterocycles. The third-order valence-corrected chi connectivity index (χ3v) is 5.34. The molecule has 24 heavy (non-hydrogen) atoms. The molecule has 128 valence electrons. The van der Waals surface area contributed by atoms with Gasteiger partial charge in [0.2, 0.25) is 0 Å². The third-order valence-electron chi connectivity index (χ3n) is 5.34. The van der Waals surface area contributed by atoms with E-state index in [1.165, 1.54) is 0 Å². The zero-order valence-electron chi connectivity index (χ0n) is 13.5. The topological polar surface area (TPSA) is 94.4 Å². The number of carboxylic acid groups (broad SMARTS) is 1. The van der Waals surface area contributed by atoms with Crippen LogP contribution >= 0.6 is 0 Å². The zero-order valence-corrected chi connectivity index (χ0v) is 13.5. The first kappa shape index (κ1) is 15.4. The molecule has 4 rings (SSSR count). The number of aromatic amines is 1. The number of nitrogens with zero attached hydrogens (tertiary/aromatic N) is 2. The average Bonchev–Trinajstić information content (AvgIpc) is 3.29. The number of aromatic nitrogens is 2. The van der Waals surface area contributed by atoms with Gasteiger partial charge in [0.05, 0.1) is 6.54 Å². The van der Waals surface area contributed by atoms with Gasteiger partial charge in [0.25, 0.3) is 0 Å². The van der Waals surface area contributed by atoms with Crippen LogP contribution in [0, 0.1) is 5.41 Å². The number of hydrogen-bond donors (Lipinski definition) is 3. The van der Waals surface area contributed by atoms with Gasteiger partial charge in [0.15, 0.2) is 5.76 Å². The molecular weight excluding hydrogens is 308 g/mol. The van der Waals surface area contributed by atoms with Gasteiger partial charge in [0, 0.05) is 12.7 Å². The molecule has 3 N–H and O–H groups in total. The summed E-state index contributed by atoms with van der Waals surface area (Å²) in [5.74, 6) is 0.785. The van der Waals surface area contributed by atoms with Crippen LogP contribution in [0.5, 0.6) is 0 Å². The summed E-state index contributed by atoms with van der Waals surface area (Å²) >= 11 is 0. The molecule has 2 fully saturated rings. The van der Waals surface area contributed by atoms with Gasteiger partial charge >= 0.3 is 5.97 Å². The molecule has 7 heteroatoms. The number of piperidine rings is 1. The maximum Gasteiger partial charge on any atom is 0.320 e. The number of H-pyrrole nitrogens is 1. The monoisotopic (exact) mass is 330 g/mol. The highest BCUT2D eigenvalue weighted by Crippen LogP contribution is 2.42. The lowest BCUT2D eigenvalue weighted by atomic mass is 9.77. The number of carboxylic acids is 1. The number of rotatable bonds is 4. The Morgan fingerprint density at radius 1 is 1.38 bits per heavy atom. The number of furan rings is 1. The Hall–Kier alpha value is -2.12. The van der Waals surface area contributed by atoms with Crippen LogP contribution in [0.3, 0.4) is 0 Å². The normalized spacial score (nSPS) is 23.8. The Bertz CT molecular complexity index is 703. The van der Waals surface area contributed by atoms with Crippen LogP contribution in [0.2, 0.25) is 0 Å². The highest BCUT2D eigenvalue weighted by molar-refractivity contribution is 5.74. The Kier molecular flexibility index (Phi) is 3.90. The molecule has 2 aromatic heterocycles. The molecule has 1 spiro atoms. The maximum absolute atomic E-state index is 11.7. The van der Waals surface area contributed by atoms with Crippen LogP contribution < -0.4 is 5.32 Å². The van der Waals surface area contributed by atoms with E-state index >= 15 is 0 Å². The molecule has 0 amide bonds. The summed E-state index contributed by atoms with van der Waals surface area (Å²) in [5, 5.41) is 19.8. The van der Waals surface area contributed by atoms with Gasteiger partial charge in [-0.05, 0) is 56.0 Å². The van der Waals surface area contributed by atoms with E-state index < -0.39 is 12.0 Å². The highest BCUT2D eigenvalue weighted by Gasteiger charge is 2.47. The van der Waals surface area contributed by atoms with Crippen LogP contribution in [0.15, 0.2) is 28.8 Å².